The molecule has 3 aliphatic rings. The Kier molecular flexibility index (Phi) is 8.77. The second-order valence-corrected chi connectivity index (χ2v) is 10.8. The smallest absolute Gasteiger partial charge is 0.289 e. The van der Waals surface area contributed by atoms with E-state index in [2.05, 4.69) is 16.0 Å². The summed E-state index contributed by atoms with van der Waals surface area (Å²) in [5, 5.41) is 8.64. The highest BCUT2D eigenvalue weighted by Crippen LogP contribution is 2.33. The van der Waals surface area contributed by atoms with Gasteiger partial charge in [-0.3, -0.25) is 19.2 Å². The lowest BCUT2D eigenvalue weighted by molar-refractivity contribution is -0.141. The fraction of sp³-hybridized carbons (Fsp3) is 0.615. The van der Waals surface area contributed by atoms with Crippen LogP contribution in [0.25, 0.3) is 0 Å². The maximum Gasteiger partial charge on any atom is 0.289 e. The van der Waals surface area contributed by atoms with Crippen LogP contribution in [0.15, 0.2) is 18.2 Å². The van der Waals surface area contributed by atoms with E-state index in [-0.39, 0.29) is 12.8 Å². The molecule has 1 aliphatic heterocycles. The maximum atomic E-state index is 13.7. The molecule has 0 spiro atoms. The van der Waals surface area contributed by atoms with Crippen molar-refractivity contribution in [3.05, 3.63) is 23.8 Å². The minimum Gasteiger partial charge on any atom is -0.454 e. The monoisotopic (exact) mass is 517 g/mol. The average Bonchev–Trinajstić information content (AvgIpc) is 3.58. The van der Waals surface area contributed by atoms with E-state index in [9.17, 15) is 19.2 Å². The summed E-state index contributed by atoms with van der Waals surface area (Å²) in [5.74, 6) is -0.402. The number of hydrogen-bond donors (Lipinski definition) is 3. The van der Waals surface area contributed by atoms with Crippen LogP contribution in [0.5, 0.6) is 11.5 Å². The molecule has 0 saturated heterocycles. The number of ether oxygens (including phenoxy) is 2. The number of benzene rings is 1. The minimum atomic E-state index is -1.15. The van der Waals surface area contributed by atoms with Crippen LogP contribution in [0.4, 0.5) is 0 Å². The number of nitrogens with one attached hydrogen (secondary N) is 3. The first-order valence-corrected chi connectivity index (χ1v) is 14.2. The number of ketones is 1. The molecule has 0 aromatic heterocycles. The molecule has 0 radical (unpaired) electrons. The van der Waals surface area contributed by atoms with Gasteiger partial charge in [0, 0.05) is 11.6 Å². The van der Waals surface area contributed by atoms with Crippen LogP contribution >= 0.6 is 11.8 Å². The molecule has 2 saturated carbocycles. The van der Waals surface area contributed by atoms with E-state index in [1.54, 1.807) is 30.0 Å². The first kappa shape index (κ1) is 26.3. The van der Waals surface area contributed by atoms with Gasteiger partial charge in [0.15, 0.2) is 11.5 Å². The lowest BCUT2D eigenvalue weighted by Crippen LogP contribution is -2.62. The molecule has 2 aliphatic carbocycles. The van der Waals surface area contributed by atoms with Crippen molar-refractivity contribution in [2.24, 2.45) is 0 Å². The van der Waals surface area contributed by atoms with Crippen molar-refractivity contribution in [1.29, 1.82) is 0 Å². The fourth-order valence-corrected chi connectivity index (χ4v) is 5.65. The van der Waals surface area contributed by atoms with Crippen LogP contribution in [0, 0.1) is 0 Å². The molecule has 0 unspecified atom stereocenters. The molecule has 3 amide bonds. The summed E-state index contributed by atoms with van der Waals surface area (Å²) in [5.41, 5.74) is -0.783. The number of amides is 3. The minimum absolute atomic E-state index is 0.0176. The highest BCUT2D eigenvalue weighted by atomic mass is 32.2. The molecule has 196 valence electrons. The molecular weight excluding hydrogens is 482 g/mol. The van der Waals surface area contributed by atoms with E-state index in [0.29, 0.717) is 42.1 Å². The fourth-order valence-electron chi connectivity index (χ4n) is 5.18. The topological polar surface area (TPSA) is 123 Å². The summed E-state index contributed by atoms with van der Waals surface area (Å²) in [6.07, 6.45) is 9.53. The molecule has 1 aromatic carbocycles. The van der Waals surface area contributed by atoms with Crippen LogP contribution in [0.1, 0.15) is 74.6 Å². The predicted octanol–water partition coefficient (Wildman–Crippen LogP) is 2.71. The van der Waals surface area contributed by atoms with Gasteiger partial charge < -0.3 is 25.4 Å². The Bertz CT molecular complexity index is 988. The van der Waals surface area contributed by atoms with Crippen LogP contribution in [0.3, 0.4) is 0 Å². The molecule has 3 N–H and O–H groups in total. The van der Waals surface area contributed by atoms with Gasteiger partial charge in [-0.1, -0.05) is 32.1 Å². The number of thioether (sulfide) groups is 1. The zero-order valence-electron chi connectivity index (χ0n) is 20.7. The van der Waals surface area contributed by atoms with E-state index in [4.69, 9.17) is 9.47 Å². The Morgan fingerprint density at radius 2 is 1.75 bits per heavy atom. The second kappa shape index (κ2) is 12.0. The van der Waals surface area contributed by atoms with E-state index in [1.807, 2.05) is 6.26 Å². The molecule has 4 rings (SSSR count). The van der Waals surface area contributed by atoms with Gasteiger partial charge in [-0.25, -0.2) is 0 Å². The van der Waals surface area contributed by atoms with Gasteiger partial charge in [-0.05, 0) is 62.3 Å². The number of carbonyl (C=O) groups is 4. The normalized spacial score (nSPS) is 19.4. The molecule has 1 aromatic rings. The van der Waals surface area contributed by atoms with E-state index in [0.717, 1.165) is 44.9 Å². The standard InChI is InChI=1S/C26H35N3O6S/c1-36-14-11-19(22(30)24(32)27-18-7-3-4-8-18)28-25(33)26(12-5-2-6-13-26)29-23(31)17-9-10-20-21(15-17)35-16-34-20/h9-10,15,18-19H,2-8,11-14,16H2,1H3,(H,27,32)(H,28,33)(H,29,31)/t19-/m0/s1. The Hall–Kier alpha value is -2.75. The quantitative estimate of drug-likeness (QED) is 0.408. The van der Waals surface area contributed by atoms with E-state index in [1.165, 1.54) is 0 Å². The number of hydrogen-bond acceptors (Lipinski definition) is 7. The highest BCUT2D eigenvalue weighted by Gasteiger charge is 2.43. The SMILES string of the molecule is CSCC[C@H](NC(=O)C1(NC(=O)c2ccc3c(c2)OCO3)CCCCC1)C(=O)C(=O)NC1CCCC1. The van der Waals surface area contributed by atoms with Crippen LogP contribution in [0.2, 0.25) is 0 Å². The molecule has 36 heavy (non-hydrogen) atoms. The van der Waals surface area contributed by atoms with Gasteiger partial charge in [0.05, 0.1) is 6.04 Å². The van der Waals surface area contributed by atoms with Gasteiger partial charge in [-0.2, -0.15) is 11.8 Å². The third kappa shape index (κ3) is 6.14. The second-order valence-electron chi connectivity index (χ2n) is 9.79. The van der Waals surface area contributed by atoms with Gasteiger partial charge in [-0.15, -0.1) is 0 Å². The molecule has 1 heterocycles. The van der Waals surface area contributed by atoms with Crippen molar-refractivity contribution in [3.8, 4) is 11.5 Å². The third-order valence-corrected chi connectivity index (χ3v) is 7.92. The lowest BCUT2D eigenvalue weighted by Gasteiger charge is -2.37. The molecule has 9 nitrogen and oxygen atoms in total. The van der Waals surface area contributed by atoms with Crippen molar-refractivity contribution < 1.29 is 28.7 Å². The number of carbonyl (C=O) groups excluding carboxylic acids is 4. The zero-order chi connectivity index (χ0) is 25.5. The zero-order valence-corrected chi connectivity index (χ0v) is 21.5. The van der Waals surface area contributed by atoms with Crippen molar-refractivity contribution >= 4 is 35.3 Å². The van der Waals surface area contributed by atoms with Gasteiger partial charge in [0.1, 0.15) is 5.54 Å². The molecule has 0 bridgehead atoms. The Morgan fingerprint density at radius 3 is 2.47 bits per heavy atom. The first-order chi connectivity index (χ1) is 17.4. The summed E-state index contributed by atoms with van der Waals surface area (Å²) in [7, 11) is 0. The summed E-state index contributed by atoms with van der Waals surface area (Å²) in [4.78, 5) is 52.6. The molecule has 1 atom stereocenters. The highest BCUT2D eigenvalue weighted by molar-refractivity contribution is 7.98. The van der Waals surface area contributed by atoms with Crippen LogP contribution in [-0.2, 0) is 14.4 Å². The van der Waals surface area contributed by atoms with Gasteiger partial charge >= 0.3 is 0 Å². The van der Waals surface area contributed by atoms with Gasteiger partial charge in [0.25, 0.3) is 11.8 Å². The summed E-state index contributed by atoms with van der Waals surface area (Å²) >= 11 is 1.54. The maximum absolute atomic E-state index is 13.7. The Balaban J connectivity index is 1.47. The third-order valence-electron chi connectivity index (χ3n) is 7.28. The molecular formula is C26H35N3O6S. The van der Waals surface area contributed by atoms with Crippen LogP contribution in [-0.4, -0.2) is 59.9 Å². The number of rotatable bonds is 10. The van der Waals surface area contributed by atoms with E-state index >= 15 is 0 Å². The van der Waals surface area contributed by atoms with Crippen molar-refractivity contribution in [3.63, 3.8) is 0 Å². The van der Waals surface area contributed by atoms with Gasteiger partial charge in [0.2, 0.25) is 18.5 Å². The summed E-state index contributed by atoms with van der Waals surface area (Å²) in [6, 6.07) is 3.99. The Morgan fingerprint density at radius 1 is 1.03 bits per heavy atom. The van der Waals surface area contributed by atoms with Crippen molar-refractivity contribution in [2.45, 2.75) is 81.8 Å². The molecule has 10 heteroatoms. The first-order valence-electron chi connectivity index (χ1n) is 12.8. The molecule has 2 fully saturated rings. The number of fused-ring (bicyclic) bond motifs is 1. The van der Waals surface area contributed by atoms with E-state index < -0.39 is 35.1 Å². The Labute approximate surface area is 215 Å². The largest absolute Gasteiger partial charge is 0.454 e. The van der Waals surface area contributed by atoms with Crippen LogP contribution < -0.4 is 25.4 Å². The lowest BCUT2D eigenvalue weighted by atomic mass is 9.80. The summed E-state index contributed by atoms with van der Waals surface area (Å²) in [6.45, 7) is 0.104. The average molecular weight is 518 g/mol. The predicted molar refractivity (Wildman–Crippen MR) is 136 cm³/mol. The summed E-state index contributed by atoms with van der Waals surface area (Å²) < 4.78 is 10.7. The number of Topliss-reactive ketones (excluding diaryl/α,β-unsaturated/α-hetero) is 1. The van der Waals surface area contributed by atoms with Crippen molar-refractivity contribution in [2.75, 3.05) is 18.8 Å². The van der Waals surface area contributed by atoms with Crippen molar-refractivity contribution in [1.82, 2.24) is 16.0 Å².